The average Bonchev–Trinajstić information content (AvgIpc) is 3.30. The van der Waals surface area contributed by atoms with Gasteiger partial charge in [-0.05, 0) is 48.5 Å². The molecule has 178 valence electrons. The van der Waals surface area contributed by atoms with Crippen molar-refractivity contribution in [1.29, 1.82) is 0 Å². The number of para-hydroxylation sites is 2. The van der Waals surface area contributed by atoms with E-state index in [1.54, 1.807) is 48.5 Å². The second-order valence-corrected chi connectivity index (χ2v) is 8.55. The molecule has 35 heavy (non-hydrogen) atoms. The summed E-state index contributed by atoms with van der Waals surface area (Å²) in [6.45, 7) is 0.165. The van der Waals surface area contributed by atoms with Crippen molar-refractivity contribution in [2.75, 3.05) is 11.1 Å². The molecular formula is C24H21ClN6O3S. The fourth-order valence-electron chi connectivity index (χ4n) is 3.19. The van der Waals surface area contributed by atoms with Crippen molar-refractivity contribution < 1.29 is 14.3 Å². The number of amides is 2. The van der Waals surface area contributed by atoms with E-state index in [1.165, 1.54) is 11.8 Å². The van der Waals surface area contributed by atoms with Gasteiger partial charge in [-0.2, -0.15) is 0 Å². The molecule has 0 unspecified atom stereocenters. The quantitative estimate of drug-likeness (QED) is 0.136. The van der Waals surface area contributed by atoms with Crippen LogP contribution in [0.4, 0.5) is 5.69 Å². The van der Waals surface area contributed by atoms with Gasteiger partial charge >= 0.3 is 0 Å². The monoisotopic (exact) mass is 508 g/mol. The molecule has 0 fully saturated rings. The smallest absolute Gasteiger partial charge is 0.267 e. The Morgan fingerprint density at radius 3 is 2.43 bits per heavy atom. The van der Waals surface area contributed by atoms with Gasteiger partial charge in [-0.25, -0.2) is 5.84 Å². The number of halogens is 1. The summed E-state index contributed by atoms with van der Waals surface area (Å²) in [5, 5.41) is 12.4. The first-order valence-electron chi connectivity index (χ1n) is 10.5. The number of nitrogen functional groups attached to an aromatic ring is 1. The summed E-state index contributed by atoms with van der Waals surface area (Å²) in [4.78, 5) is 24.6. The summed E-state index contributed by atoms with van der Waals surface area (Å²) in [5.41, 5.74) is 3.54. The Labute approximate surface area is 210 Å². The lowest BCUT2D eigenvalue weighted by molar-refractivity contribution is -0.113. The van der Waals surface area contributed by atoms with Gasteiger partial charge in [0, 0.05) is 10.7 Å². The van der Waals surface area contributed by atoms with Crippen molar-refractivity contribution in [2.45, 2.75) is 11.8 Å². The molecule has 0 spiro atoms. The van der Waals surface area contributed by atoms with E-state index in [-0.39, 0.29) is 23.8 Å². The molecule has 4 N–H and O–H groups in total. The van der Waals surface area contributed by atoms with Crippen LogP contribution in [-0.2, 0) is 11.4 Å². The van der Waals surface area contributed by atoms with E-state index in [4.69, 9.17) is 22.2 Å². The molecule has 4 rings (SSSR count). The number of aromatic nitrogens is 3. The maximum atomic E-state index is 12.7. The molecule has 9 nitrogen and oxygen atoms in total. The van der Waals surface area contributed by atoms with Gasteiger partial charge in [0.25, 0.3) is 5.91 Å². The van der Waals surface area contributed by atoms with Gasteiger partial charge in [0.15, 0.2) is 11.0 Å². The van der Waals surface area contributed by atoms with Crippen molar-refractivity contribution in [1.82, 2.24) is 20.2 Å². The minimum Gasteiger partial charge on any atom is -0.486 e. The molecule has 1 aromatic heterocycles. The maximum absolute atomic E-state index is 12.7. The number of hydrogen-bond acceptors (Lipinski definition) is 7. The summed E-state index contributed by atoms with van der Waals surface area (Å²) in [7, 11) is 0. The normalized spacial score (nSPS) is 10.6. The Kier molecular flexibility index (Phi) is 7.99. The van der Waals surface area contributed by atoms with Crippen molar-refractivity contribution in [2.24, 2.45) is 5.84 Å². The molecule has 2 amide bonds. The van der Waals surface area contributed by atoms with Crippen LogP contribution >= 0.6 is 23.4 Å². The molecule has 4 aromatic rings. The van der Waals surface area contributed by atoms with Gasteiger partial charge in [0.2, 0.25) is 5.91 Å². The molecule has 11 heteroatoms. The molecular weight excluding hydrogens is 488 g/mol. The van der Waals surface area contributed by atoms with Crippen LogP contribution in [-0.4, -0.2) is 32.3 Å². The highest BCUT2D eigenvalue weighted by Crippen LogP contribution is 2.24. The predicted molar refractivity (Wildman–Crippen MR) is 135 cm³/mol. The number of carbonyl (C=O) groups excluding carboxylic acids is 2. The third-order valence-corrected chi connectivity index (χ3v) is 5.99. The van der Waals surface area contributed by atoms with Crippen LogP contribution in [0.25, 0.3) is 5.69 Å². The molecule has 0 aliphatic rings. The summed E-state index contributed by atoms with van der Waals surface area (Å²) < 4.78 is 7.69. The van der Waals surface area contributed by atoms with Gasteiger partial charge < -0.3 is 10.1 Å². The Balaban J connectivity index is 1.49. The van der Waals surface area contributed by atoms with Crippen LogP contribution in [0.2, 0.25) is 5.02 Å². The number of hydrogen-bond donors (Lipinski definition) is 3. The SMILES string of the molecule is NNC(=O)c1ccccc1NC(=O)CSc1nnc(COc2ccc(Cl)cc2)n1-c1ccccc1. The molecule has 0 bridgehead atoms. The topological polar surface area (TPSA) is 124 Å². The van der Waals surface area contributed by atoms with Gasteiger partial charge in [-0.15, -0.1) is 10.2 Å². The Hall–Kier alpha value is -3.86. The van der Waals surface area contributed by atoms with Crippen molar-refractivity contribution >= 4 is 40.9 Å². The fraction of sp³-hybridized carbons (Fsp3) is 0.0833. The number of benzene rings is 3. The molecule has 0 aliphatic heterocycles. The van der Waals surface area contributed by atoms with Gasteiger partial charge in [-0.3, -0.25) is 19.6 Å². The number of rotatable bonds is 9. The zero-order valence-corrected chi connectivity index (χ0v) is 19.9. The lowest BCUT2D eigenvalue weighted by Gasteiger charge is -2.12. The molecule has 0 saturated heterocycles. The predicted octanol–water partition coefficient (Wildman–Crippen LogP) is 3.83. The number of nitrogens with one attached hydrogen (secondary N) is 2. The standard InChI is InChI=1S/C24H21ClN6O3S/c25-16-10-12-18(13-11-16)34-14-21-29-30-24(31(21)17-6-2-1-3-7-17)35-15-22(32)27-20-9-5-4-8-19(20)23(33)28-26/h1-13H,14-15,26H2,(H,27,32)(H,28,33). The minimum absolute atomic E-state index is 0.0432. The first-order chi connectivity index (χ1) is 17.0. The van der Waals surface area contributed by atoms with Crippen molar-refractivity contribution in [3.63, 3.8) is 0 Å². The molecule has 0 radical (unpaired) electrons. The van der Waals surface area contributed by atoms with E-state index >= 15 is 0 Å². The number of carbonyl (C=O) groups is 2. The van der Waals surface area contributed by atoms with Crippen molar-refractivity contribution in [3.05, 3.63) is 95.3 Å². The van der Waals surface area contributed by atoms with Crippen LogP contribution in [0, 0.1) is 0 Å². The second-order valence-electron chi connectivity index (χ2n) is 7.17. The number of ether oxygens (including phenoxy) is 1. The second kappa shape index (κ2) is 11.5. The van der Waals surface area contributed by atoms with Crippen LogP contribution in [0.15, 0.2) is 84.0 Å². The van der Waals surface area contributed by atoms with Gasteiger partial charge in [0.1, 0.15) is 12.4 Å². The minimum atomic E-state index is -0.497. The highest BCUT2D eigenvalue weighted by molar-refractivity contribution is 7.99. The number of thioether (sulfide) groups is 1. The average molecular weight is 509 g/mol. The molecule has 0 aliphatic carbocycles. The van der Waals surface area contributed by atoms with Crippen LogP contribution < -0.4 is 21.3 Å². The van der Waals surface area contributed by atoms with Crippen molar-refractivity contribution in [3.8, 4) is 11.4 Å². The summed E-state index contributed by atoms with van der Waals surface area (Å²) in [6, 6.07) is 23.2. The van der Waals surface area contributed by atoms with E-state index in [0.29, 0.717) is 27.4 Å². The molecule has 3 aromatic carbocycles. The zero-order valence-electron chi connectivity index (χ0n) is 18.3. The molecule has 0 saturated carbocycles. The van der Waals surface area contributed by atoms with E-state index in [1.807, 2.05) is 34.9 Å². The number of anilines is 1. The largest absolute Gasteiger partial charge is 0.486 e. The van der Waals surface area contributed by atoms with Crippen LogP contribution in [0.1, 0.15) is 16.2 Å². The fourth-order valence-corrected chi connectivity index (χ4v) is 4.08. The first kappa shape index (κ1) is 24.3. The van der Waals surface area contributed by atoms with E-state index in [2.05, 4.69) is 20.9 Å². The lowest BCUT2D eigenvalue weighted by Crippen LogP contribution is -2.31. The van der Waals surface area contributed by atoms with Gasteiger partial charge in [-0.1, -0.05) is 53.7 Å². The zero-order chi connectivity index (χ0) is 24.6. The molecule has 1 heterocycles. The van der Waals surface area contributed by atoms with E-state index < -0.39 is 5.91 Å². The Morgan fingerprint density at radius 1 is 0.971 bits per heavy atom. The highest BCUT2D eigenvalue weighted by atomic mass is 35.5. The van der Waals surface area contributed by atoms with Crippen LogP contribution in [0.5, 0.6) is 5.75 Å². The first-order valence-corrected chi connectivity index (χ1v) is 11.8. The summed E-state index contributed by atoms with van der Waals surface area (Å²) in [6.07, 6.45) is 0. The summed E-state index contributed by atoms with van der Waals surface area (Å²) in [5.74, 6) is 5.68. The number of nitrogens with zero attached hydrogens (tertiary/aromatic N) is 3. The lowest BCUT2D eigenvalue weighted by atomic mass is 10.1. The number of hydrazine groups is 1. The van der Waals surface area contributed by atoms with E-state index in [9.17, 15) is 9.59 Å². The maximum Gasteiger partial charge on any atom is 0.267 e. The Bertz CT molecular complexity index is 1310. The van der Waals surface area contributed by atoms with E-state index in [0.717, 1.165) is 5.69 Å². The highest BCUT2D eigenvalue weighted by Gasteiger charge is 2.18. The summed E-state index contributed by atoms with van der Waals surface area (Å²) >= 11 is 7.15. The third kappa shape index (κ3) is 6.18. The Morgan fingerprint density at radius 2 is 1.69 bits per heavy atom. The van der Waals surface area contributed by atoms with Gasteiger partial charge in [0.05, 0.1) is 17.0 Å². The van der Waals surface area contributed by atoms with Crippen LogP contribution in [0.3, 0.4) is 0 Å². The third-order valence-electron chi connectivity index (χ3n) is 4.81. The number of nitrogens with two attached hydrogens (primary N) is 1. The molecule has 0 atom stereocenters.